The van der Waals surface area contributed by atoms with E-state index in [1.54, 1.807) is 18.2 Å². The SMILES string of the molecule is OC(CCS)c1ccc(Cl)c(Cl)c1. The van der Waals surface area contributed by atoms with Crippen molar-refractivity contribution in [1.82, 2.24) is 0 Å². The van der Waals surface area contributed by atoms with Crippen molar-refractivity contribution in [2.75, 3.05) is 5.75 Å². The summed E-state index contributed by atoms with van der Waals surface area (Å²) in [5.74, 6) is 0.640. The first-order valence-corrected chi connectivity index (χ1v) is 5.28. The summed E-state index contributed by atoms with van der Waals surface area (Å²) in [6, 6.07) is 5.13. The summed E-state index contributed by atoms with van der Waals surface area (Å²) < 4.78 is 0. The molecule has 0 aromatic heterocycles. The third-order valence-corrected chi connectivity index (χ3v) is 2.73. The quantitative estimate of drug-likeness (QED) is 0.772. The number of hydrogen-bond acceptors (Lipinski definition) is 2. The molecule has 0 saturated heterocycles. The molecule has 1 aromatic carbocycles. The van der Waals surface area contributed by atoms with Gasteiger partial charge < -0.3 is 5.11 Å². The normalized spacial score (nSPS) is 12.9. The highest BCUT2D eigenvalue weighted by molar-refractivity contribution is 7.80. The van der Waals surface area contributed by atoms with Crippen molar-refractivity contribution in [3.63, 3.8) is 0 Å². The second-order valence-corrected chi connectivity index (χ2v) is 3.96. The summed E-state index contributed by atoms with van der Waals surface area (Å²) in [7, 11) is 0. The van der Waals surface area contributed by atoms with Gasteiger partial charge in [-0.15, -0.1) is 0 Å². The lowest BCUT2D eigenvalue weighted by Gasteiger charge is -2.09. The summed E-state index contributed by atoms with van der Waals surface area (Å²) in [6.07, 6.45) is 0.105. The minimum absolute atomic E-state index is 0.470. The summed E-state index contributed by atoms with van der Waals surface area (Å²) in [5.41, 5.74) is 0.781. The molecule has 1 rings (SSSR count). The van der Waals surface area contributed by atoms with E-state index in [-0.39, 0.29) is 0 Å². The molecule has 1 aromatic rings. The Labute approximate surface area is 93.1 Å². The van der Waals surface area contributed by atoms with Crippen LogP contribution in [0.25, 0.3) is 0 Å². The van der Waals surface area contributed by atoms with Gasteiger partial charge in [0, 0.05) is 0 Å². The van der Waals surface area contributed by atoms with E-state index >= 15 is 0 Å². The van der Waals surface area contributed by atoms with Crippen LogP contribution in [-0.4, -0.2) is 10.9 Å². The monoisotopic (exact) mass is 236 g/mol. The average molecular weight is 237 g/mol. The van der Waals surface area contributed by atoms with Crippen molar-refractivity contribution in [3.8, 4) is 0 Å². The van der Waals surface area contributed by atoms with Gasteiger partial charge in [-0.25, -0.2) is 0 Å². The second-order valence-electron chi connectivity index (χ2n) is 2.70. The molecule has 0 radical (unpaired) electrons. The molecule has 0 bridgehead atoms. The molecule has 1 atom stereocenters. The summed E-state index contributed by atoms with van der Waals surface area (Å²) >= 11 is 15.6. The topological polar surface area (TPSA) is 20.2 Å². The number of benzene rings is 1. The predicted octanol–water partition coefficient (Wildman–Crippen LogP) is 3.35. The van der Waals surface area contributed by atoms with Crippen LogP contribution >= 0.6 is 35.8 Å². The second kappa shape index (κ2) is 5.11. The molecule has 0 heterocycles. The van der Waals surface area contributed by atoms with E-state index in [1.165, 1.54) is 0 Å². The van der Waals surface area contributed by atoms with Gasteiger partial charge in [0.25, 0.3) is 0 Å². The van der Waals surface area contributed by atoms with Crippen molar-refractivity contribution >= 4 is 35.8 Å². The Morgan fingerprint density at radius 2 is 2.00 bits per heavy atom. The Morgan fingerprint density at radius 3 is 2.54 bits per heavy atom. The van der Waals surface area contributed by atoms with Crippen molar-refractivity contribution < 1.29 is 5.11 Å². The maximum Gasteiger partial charge on any atom is 0.0798 e. The number of halogens is 2. The molecule has 1 nitrogen and oxygen atoms in total. The fourth-order valence-corrected chi connectivity index (χ4v) is 1.56. The van der Waals surface area contributed by atoms with Gasteiger partial charge in [0.1, 0.15) is 0 Å². The lowest BCUT2D eigenvalue weighted by Crippen LogP contribution is -1.97. The largest absolute Gasteiger partial charge is 0.388 e. The van der Waals surface area contributed by atoms with Crippen LogP contribution in [0, 0.1) is 0 Å². The molecule has 1 unspecified atom stereocenters. The Hall–Kier alpha value is 0.110. The number of aliphatic hydroxyl groups is 1. The molecule has 0 aliphatic heterocycles. The summed E-state index contributed by atoms with van der Waals surface area (Å²) in [5, 5.41) is 10.6. The van der Waals surface area contributed by atoms with Gasteiger partial charge in [-0.3, -0.25) is 0 Å². The van der Waals surface area contributed by atoms with Crippen molar-refractivity contribution in [2.45, 2.75) is 12.5 Å². The van der Waals surface area contributed by atoms with Crippen molar-refractivity contribution in [3.05, 3.63) is 33.8 Å². The standard InChI is InChI=1S/C9H10Cl2OS/c10-7-2-1-6(5-8(7)11)9(12)3-4-13/h1-2,5,9,12-13H,3-4H2. The average Bonchev–Trinajstić information content (AvgIpc) is 2.10. The number of thiol groups is 1. The van der Waals surface area contributed by atoms with E-state index < -0.39 is 6.10 Å². The van der Waals surface area contributed by atoms with Gasteiger partial charge in [-0.05, 0) is 29.9 Å². The van der Waals surface area contributed by atoms with Crippen molar-refractivity contribution in [1.29, 1.82) is 0 Å². The van der Waals surface area contributed by atoms with Crippen LogP contribution in [0.2, 0.25) is 10.0 Å². The Morgan fingerprint density at radius 1 is 1.31 bits per heavy atom. The van der Waals surface area contributed by atoms with Gasteiger partial charge in [0.2, 0.25) is 0 Å². The van der Waals surface area contributed by atoms with Crippen LogP contribution in [0.5, 0.6) is 0 Å². The van der Waals surface area contributed by atoms with Crippen LogP contribution < -0.4 is 0 Å². The third kappa shape index (κ3) is 3.06. The van der Waals surface area contributed by atoms with Gasteiger partial charge in [0.15, 0.2) is 0 Å². The first-order chi connectivity index (χ1) is 6.15. The van der Waals surface area contributed by atoms with Gasteiger partial charge in [-0.1, -0.05) is 29.3 Å². The first kappa shape index (κ1) is 11.2. The molecule has 72 valence electrons. The molecule has 0 amide bonds. The lowest BCUT2D eigenvalue weighted by atomic mass is 10.1. The van der Waals surface area contributed by atoms with Gasteiger partial charge >= 0.3 is 0 Å². The fourth-order valence-electron chi connectivity index (χ4n) is 1.01. The van der Waals surface area contributed by atoms with Crippen LogP contribution in [0.15, 0.2) is 18.2 Å². The molecular formula is C9H10Cl2OS. The minimum Gasteiger partial charge on any atom is -0.388 e. The highest BCUT2D eigenvalue weighted by atomic mass is 35.5. The maximum absolute atomic E-state index is 9.59. The maximum atomic E-state index is 9.59. The van der Waals surface area contributed by atoms with E-state index in [4.69, 9.17) is 23.2 Å². The van der Waals surface area contributed by atoms with Crippen LogP contribution in [0.4, 0.5) is 0 Å². The first-order valence-electron chi connectivity index (χ1n) is 3.89. The smallest absolute Gasteiger partial charge is 0.0798 e. The van der Waals surface area contributed by atoms with E-state index in [0.29, 0.717) is 22.2 Å². The molecule has 4 heteroatoms. The molecule has 0 saturated carbocycles. The molecule has 0 aliphatic rings. The van der Waals surface area contributed by atoms with E-state index in [1.807, 2.05) is 0 Å². The van der Waals surface area contributed by atoms with E-state index in [0.717, 1.165) is 5.56 Å². The number of rotatable bonds is 3. The van der Waals surface area contributed by atoms with Gasteiger partial charge in [-0.2, -0.15) is 12.6 Å². The summed E-state index contributed by atoms with van der Waals surface area (Å²) in [4.78, 5) is 0. The Bertz CT molecular complexity index is 291. The number of hydrogen-bond donors (Lipinski definition) is 2. The highest BCUT2D eigenvalue weighted by Gasteiger charge is 2.07. The predicted molar refractivity (Wildman–Crippen MR) is 59.9 cm³/mol. The Balaban J connectivity index is 2.84. The zero-order valence-electron chi connectivity index (χ0n) is 6.87. The fraction of sp³-hybridized carbons (Fsp3) is 0.333. The molecular weight excluding hydrogens is 227 g/mol. The van der Waals surface area contributed by atoms with Crippen molar-refractivity contribution in [2.24, 2.45) is 0 Å². The highest BCUT2D eigenvalue weighted by Crippen LogP contribution is 2.26. The lowest BCUT2D eigenvalue weighted by molar-refractivity contribution is 0.175. The molecule has 1 N–H and O–H groups in total. The molecule has 0 spiro atoms. The van der Waals surface area contributed by atoms with Gasteiger partial charge in [0.05, 0.1) is 16.1 Å². The van der Waals surface area contributed by atoms with E-state index in [2.05, 4.69) is 12.6 Å². The molecule has 0 aliphatic carbocycles. The van der Waals surface area contributed by atoms with E-state index in [9.17, 15) is 5.11 Å². The summed E-state index contributed by atoms with van der Waals surface area (Å²) in [6.45, 7) is 0. The van der Waals surface area contributed by atoms with Crippen LogP contribution in [-0.2, 0) is 0 Å². The zero-order valence-corrected chi connectivity index (χ0v) is 9.28. The minimum atomic E-state index is -0.507. The molecule has 13 heavy (non-hydrogen) atoms. The van der Waals surface area contributed by atoms with Crippen LogP contribution in [0.1, 0.15) is 18.1 Å². The Kier molecular flexibility index (Phi) is 4.39. The number of aliphatic hydroxyl groups excluding tert-OH is 1. The van der Waals surface area contributed by atoms with Crippen LogP contribution in [0.3, 0.4) is 0 Å². The zero-order chi connectivity index (χ0) is 9.84. The molecule has 0 fully saturated rings. The third-order valence-electron chi connectivity index (χ3n) is 1.73.